The van der Waals surface area contributed by atoms with E-state index in [0.717, 1.165) is 19.3 Å². The third-order valence-electron chi connectivity index (χ3n) is 4.47. The van der Waals surface area contributed by atoms with Crippen molar-refractivity contribution in [2.45, 2.75) is 71.1 Å². The number of nitrogens with one attached hydrogen (secondary N) is 1. The van der Waals surface area contributed by atoms with Crippen molar-refractivity contribution in [3.05, 3.63) is 17.3 Å². The van der Waals surface area contributed by atoms with Crippen LogP contribution < -0.4 is 5.32 Å². The van der Waals surface area contributed by atoms with E-state index in [1.54, 1.807) is 6.07 Å². The Balaban J connectivity index is 1.78. The maximum absolute atomic E-state index is 12.5. The zero-order valence-corrected chi connectivity index (χ0v) is 15.9. The number of hydrogen-bond donors (Lipinski definition) is 1. The molecule has 1 N–H and O–H groups in total. The first-order chi connectivity index (χ1) is 11.7. The van der Waals surface area contributed by atoms with E-state index in [2.05, 4.69) is 29.1 Å². The Hall–Kier alpha value is -1.66. The lowest BCUT2D eigenvalue weighted by Crippen LogP contribution is -2.37. The predicted molar refractivity (Wildman–Crippen MR) is 99.0 cm³/mol. The fraction of sp³-hybridized carbons (Fsp3) is 0.611. The lowest BCUT2D eigenvalue weighted by molar-refractivity contribution is -0.131. The van der Waals surface area contributed by atoms with Gasteiger partial charge in [-0.1, -0.05) is 11.6 Å². The Morgan fingerprint density at radius 3 is 2.88 bits per heavy atom. The molecular formula is C18H25ClN4O2. The van der Waals surface area contributed by atoms with E-state index in [1.807, 2.05) is 24.5 Å². The molecular weight excluding hydrogens is 340 g/mol. The summed E-state index contributed by atoms with van der Waals surface area (Å²) in [5.74, 6) is 0.408. The molecule has 3 heterocycles. The number of amides is 1. The molecule has 1 aliphatic heterocycles. The first-order valence-electron chi connectivity index (χ1n) is 8.77. The average molecular weight is 365 g/mol. The maximum Gasteiger partial charge on any atom is 0.229 e. The number of imidazole rings is 1. The number of rotatable bonds is 4. The van der Waals surface area contributed by atoms with Crippen LogP contribution in [0, 0.1) is 0 Å². The molecule has 1 atom stereocenters. The number of anilines is 1. The number of ether oxygens (including phenoxy) is 1. The van der Waals surface area contributed by atoms with Crippen LogP contribution in [0.4, 0.5) is 5.95 Å². The van der Waals surface area contributed by atoms with Gasteiger partial charge in [-0.15, -0.1) is 0 Å². The minimum Gasteiger partial charge on any atom is -0.372 e. The molecule has 0 saturated carbocycles. The van der Waals surface area contributed by atoms with Gasteiger partial charge in [-0.3, -0.25) is 14.7 Å². The van der Waals surface area contributed by atoms with Crippen LogP contribution in [0.1, 0.15) is 59.4 Å². The van der Waals surface area contributed by atoms with E-state index in [1.165, 1.54) is 0 Å². The molecule has 1 saturated heterocycles. The summed E-state index contributed by atoms with van der Waals surface area (Å²) < 4.78 is 7.91. The number of fused-ring (bicyclic) bond motifs is 1. The van der Waals surface area contributed by atoms with E-state index in [0.29, 0.717) is 28.7 Å². The Kier molecular flexibility index (Phi) is 5.02. The summed E-state index contributed by atoms with van der Waals surface area (Å²) in [4.78, 5) is 21.4. The second-order valence-corrected chi connectivity index (χ2v) is 7.91. The topological polar surface area (TPSA) is 69.0 Å². The molecule has 0 bridgehead atoms. The van der Waals surface area contributed by atoms with Crippen LogP contribution in [0.3, 0.4) is 0 Å². The number of carbonyl (C=O) groups is 1. The van der Waals surface area contributed by atoms with Crippen molar-refractivity contribution in [3.63, 3.8) is 0 Å². The van der Waals surface area contributed by atoms with Crippen molar-refractivity contribution in [2.24, 2.45) is 0 Å². The second-order valence-electron chi connectivity index (χ2n) is 7.52. The molecule has 3 rings (SSSR count). The highest BCUT2D eigenvalue weighted by molar-refractivity contribution is 6.29. The largest absolute Gasteiger partial charge is 0.372 e. The van der Waals surface area contributed by atoms with E-state index in [9.17, 15) is 4.79 Å². The summed E-state index contributed by atoms with van der Waals surface area (Å²) in [7, 11) is 0. The van der Waals surface area contributed by atoms with Crippen molar-refractivity contribution in [1.29, 1.82) is 0 Å². The van der Waals surface area contributed by atoms with Crippen LogP contribution in [0.5, 0.6) is 0 Å². The molecule has 7 heteroatoms. The van der Waals surface area contributed by atoms with Gasteiger partial charge in [0.25, 0.3) is 0 Å². The molecule has 0 aromatic carbocycles. The maximum atomic E-state index is 12.5. The summed E-state index contributed by atoms with van der Waals surface area (Å²) in [6, 6.07) is 3.60. The van der Waals surface area contributed by atoms with Crippen LogP contribution in [0.25, 0.3) is 11.2 Å². The number of aromatic nitrogens is 3. The highest BCUT2D eigenvalue weighted by Crippen LogP contribution is 2.30. The molecule has 0 radical (unpaired) electrons. The molecule has 136 valence electrons. The molecule has 0 spiro atoms. The van der Waals surface area contributed by atoms with Gasteiger partial charge in [-0.2, -0.15) is 0 Å². The Morgan fingerprint density at radius 1 is 1.44 bits per heavy atom. The number of pyridine rings is 1. The first kappa shape index (κ1) is 18.1. The highest BCUT2D eigenvalue weighted by Gasteiger charge is 2.30. The van der Waals surface area contributed by atoms with Crippen LogP contribution in [-0.4, -0.2) is 32.1 Å². The smallest absolute Gasteiger partial charge is 0.229 e. The van der Waals surface area contributed by atoms with Crippen molar-refractivity contribution < 1.29 is 9.53 Å². The summed E-state index contributed by atoms with van der Waals surface area (Å²) >= 11 is 6.01. The molecule has 2 aromatic rings. The van der Waals surface area contributed by atoms with Gasteiger partial charge in [-0.05, 0) is 59.1 Å². The lowest BCUT2D eigenvalue weighted by Gasteiger charge is -2.35. The van der Waals surface area contributed by atoms with Crippen molar-refractivity contribution >= 4 is 34.6 Å². The van der Waals surface area contributed by atoms with Gasteiger partial charge < -0.3 is 4.74 Å². The zero-order valence-electron chi connectivity index (χ0n) is 15.2. The molecule has 0 aliphatic carbocycles. The van der Waals surface area contributed by atoms with Crippen LogP contribution in [-0.2, 0) is 9.53 Å². The quantitative estimate of drug-likeness (QED) is 0.819. The van der Waals surface area contributed by atoms with E-state index < -0.39 is 0 Å². The molecule has 1 fully saturated rings. The molecule has 1 amide bonds. The fourth-order valence-corrected chi connectivity index (χ4v) is 3.52. The number of halogens is 1. The van der Waals surface area contributed by atoms with Crippen LogP contribution in [0.15, 0.2) is 12.1 Å². The van der Waals surface area contributed by atoms with E-state index in [4.69, 9.17) is 16.3 Å². The third kappa shape index (κ3) is 4.12. The van der Waals surface area contributed by atoms with Gasteiger partial charge in [0.2, 0.25) is 11.9 Å². The molecule has 6 nitrogen and oxygen atoms in total. The molecule has 1 unspecified atom stereocenters. The van der Waals surface area contributed by atoms with Crippen LogP contribution >= 0.6 is 11.6 Å². The summed E-state index contributed by atoms with van der Waals surface area (Å²) in [5.41, 5.74) is 1.23. The van der Waals surface area contributed by atoms with E-state index >= 15 is 0 Å². The SMILES string of the molecule is CC(C)n1c(NC(=O)CC2CCCC(C)(C)O2)nc2ccc(Cl)nc21. The fourth-order valence-electron chi connectivity index (χ4n) is 3.38. The van der Waals surface area contributed by atoms with Crippen molar-refractivity contribution in [2.75, 3.05) is 5.32 Å². The van der Waals surface area contributed by atoms with E-state index in [-0.39, 0.29) is 23.7 Å². The molecule has 2 aromatic heterocycles. The van der Waals surface area contributed by atoms with Gasteiger partial charge in [-0.25, -0.2) is 9.97 Å². The van der Waals surface area contributed by atoms with Gasteiger partial charge in [0.15, 0.2) is 5.65 Å². The number of nitrogens with zero attached hydrogens (tertiary/aromatic N) is 3. The average Bonchev–Trinajstić information content (AvgIpc) is 2.82. The Morgan fingerprint density at radius 2 is 2.20 bits per heavy atom. The van der Waals surface area contributed by atoms with Gasteiger partial charge in [0.1, 0.15) is 10.7 Å². The summed E-state index contributed by atoms with van der Waals surface area (Å²) in [6.07, 6.45) is 3.31. The lowest BCUT2D eigenvalue weighted by atomic mass is 9.94. The van der Waals surface area contributed by atoms with Gasteiger partial charge >= 0.3 is 0 Å². The summed E-state index contributed by atoms with van der Waals surface area (Å²) in [6.45, 7) is 8.19. The number of hydrogen-bond acceptors (Lipinski definition) is 4. The van der Waals surface area contributed by atoms with Gasteiger partial charge in [0, 0.05) is 6.04 Å². The third-order valence-corrected chi connectivity index (χ3v) is 4.69. The minimum absolute atomic E-state index is 0.0480. The molecule has 25 heavy (non-hydrogen) atoms. The highest BCUT2D eigenvalue weighted by atomic mass is 35.5. The Labute approximate surface area is 152 Å². The first-order valence-corrected chi connectivity index (χ1v) is 9.15. The summed E-state index contributed by atoms with van der Waals surface area (Å²) in [5, 5.41) is 3.33. The zero-order chi connectivity index (χ0) is 18.2. The minimum atomic E-state index is -0.158. The second kappa shape index (κ2) is 6.92. The van der Waals surface area contributed by atoms with Crippen molar-refractivity contribution in [1.82, 2.24) is 14.5 Å². The van der Waals surface area contributed by atoms with Crippen LogP contribution in [0.2, 0.25) is 5.15 Å². The molecule has 1 aliphatic rings. The number of carbonyl (C=O) groups excluding carboxylic acids is 1. The Bertz CT molecular complexity index is 785. The monoisotopic (exact) mass is 364 g/mol. The standard InChI is InChI=1S/C18H25ClN4O2/c1-11(2)23-16-13(7-8-14(19)21-16)20-17(23)22-15(24)10-12-6-5-9-18(3,4)25-12/h7-8,11-12H,5-6,9-10H2,1-4H3,(H,20,22,24). The van der Waals surface area contributed by atoms with Crippen molar-refractivity contribution in [3.8, 4) is 0 Å². The predicted octanol–water partition coefficient (Wildman–Crippen LogP) is 4.34. The normalized spacial score (nSPS) is 20.2. The van der Waals surface area contributed by atoms with Gasteiger partial charge in [0.05, 0.1) is 18.1 Å².